The largest absolute Gasteiger partial charge is 0.478 e. The van der Waals surface area contributed by atoms with E-state index in [1.807, 2.05) is 18.2 Å². The number of H-pyrrole nitrogens is 1. The lowest BCUT2D eigenvalue weighted by Gasteiger charge is -2.10. The molecular weight excluding hydrogens is 358 g/mol. The minimum absolute atomic E-state index is 0.0549. The minimum atomic E-state index is -0.979. The van der Waals surface area contributed by atoms with E-state index in [2.05, 4.69) is 25.5 Å². The van der Waals surface area contributed by atoms with E-state index < -0.39 is 5.97 Å². The summed E-state index contributed by atoms with van der Waals surface area (Å²) in [6.45, 7) is 0.927. The van der Waals surface area contributed by atoms with Gasteiger partial charge in [-0.15, -0.1) is 0 Å². The van der Waals surface area contributed by atoms with Crippen molar-refractivity contribution >= 4 is 17.6 Å². The Hall–Kier alpha value is -3.81. The first-order valence-corrected chi connectivity index (χ1v) is 8.76. The van der Waals surface area contributed by atoms with Gasteiger partial charge in [-0.05, 0) is 42.5 Å². The number of aromatic nitrogens is 2. The summed E-state index contributed by atoms with van der Waals surface area (Å²) in [7, 11) is 0. The number of carboxylic acids is 1. The van der Waals surface area contributed by atoms with Crippen LogP contribution in [0.25, 0.3) is 11.3 Å². The highest BCUT2D eigenvalue weighted by atomic mass is 16.4. The zero-order valence-electron chi connectivity index (χ0n) is 14.8. The number of fused-ring (bicyclic) bond motifs is 1. The number of benzene rings is 1. The molecule has 0 unspecified atom stereocenters. The number of nitrogens with zero attached hydrogens (tertiary/aromatic N) is 3. The monoisotopic (exact) mass is 375 g/mol. The molecule has 0 radical (unpaired) electrons. The van der Waals surface area contributed by atoms with E-state index in [4.69, 9.17) is 5.11 Å². The number of carbonyl (C=O) groups excluding carboxylic acids is 1. The maximum atomic E-state index is 11.9. The average Bonchev–Trinajstić information content (AvgIpc) is 3.15. The number of azo groups is 1. The van der Waals surface area contributed by atoms with Crippen LogP contribution in [0.5, 0.6) is 0 Å². The molecule has 140 valence electrons. The number of hydrogen-bond donors (Lipinski definition) is 3. The zero-order valence-corrected chi connectivity index (χ0v) is 14.8. The van der Waals surface area contributed by atoms with Gasteiger partial charge in [0.1, 0.15) is 6.54 Å². The second-order valence-corrected chi connectivity index (χ2v) is 6.37. The van der Waals surface area contributed by atoms with Crippen molar-refractivity contribution in [3.63, 3.8) is 0 Å². The molecule has 1 amide bonds. The maximum Gasteiger partial charge on any atom is 0.335 e. The quantitative estimate of drug-likeness (QED) is 0.592. The SMILES string of the molecule is O=C(O)c1ccc(N=NCc2cc(-c3cc4c([nH]3)CCNC4=O)ccn2)cc1. The Labute approximate surface area is 160 Å². The fraction of sp³-hybridized carbons (Fsp3) is 0.150. The standard InChI is InChI=1S/C20H17N5O3/c26-19-16-10-18(24-17(16)6-8-22-19)13-5-7-21-15(9-13)11-23-25-14-3-1-12(2-4-14)20(27)28/h1-5,7,9-10,24H,6,8,11H2,(H,22,26)(H,27,28). The maximum absolute atomic E-state index is 11.9. The molecule has 0 aliphatic carbocycles. The van der Waals surface area contributed by atoms with Gasteiger partial charge in [0, 0.05) is 36.1 Å². The first-order chi connectivity index (χ1) is 13.6. The molecule has 1 aliphatic rings. The highest BCUT2D eigenvalue weighted by molar-refractivity contribution is 5.97. The van der Waals surface area contributed by atoms with Gasteiger partial charge in [0.2, 0.25) is 0 Å². The number of amides is 1. The summed E-state index contributed by atoms with van der Waals surface area (Å²) in [5.41, 5.74) is 4.94. The van der Waals surface area contributed by atoms with Crippen molar-refractivity contribution in [2.24, 2.45) is 10.2 Å². The minimum Gasteiger partial charge on any atom is -0.478 e. The molecule has 0 fully saturated rings. The van der Waals surface area contributed by atoms with E-state index in [-0.39, 0.29) is 18.0 Å². The van der Waals surface area contributed by atoms with Crippen molar-refractivity contribution in [3.05, 3.63) is 71.2 Å². The van der Waals surface area contributed by atoms with E-state index in [9.17, 15) is 9.59 Å². The third-order valence-corrected chi connectivity index (χ3v) is 4.47. The summed E-state index contributed by atoms with van der Waals surface area (Å²) in [6, 6.07) is 11.8. The second-order valence-electron chi connectivity index (χ2n) is 6.37. The van der Waals surface area contributed by atoms with E-state index >= 15 is 0 Å². The van der Waals surface area contributed by atoms with Crippen LogP contribution in [0, 0.1) is 0 Å². The molecule has 3 N–H and O–H groups in total. The molecule has 3 heterocycles. The van der Waals surface area contributed by atoms with Gasteiger partial charge in [0.15, 0.2) is 0 Å². The molecule has 4 rings (SSSR count). The fourth-order valence-corrected chi connectivity index (χ4v) is 3.04. The smallest absolute Gasteiger partial charge is 0.335 e. The lowest BCUT2D eigenvalue weighted by Crippen LogP contribution is -2.31. The van der Waals surface area contributed by atoms with Crippen LogP contribution in [0.1, 0.15) is 32.1 Å². The third kappa shape index (κ3) is 3.66. The Morgan fingerprint density at radius 2 is 2.00 bits per heavy atom. The predicted molar refractivity (Wildman–Crippen MR) is 102 cm³/mol. The Morgan fingerprint density at radius 3 is 2.75 bits per heavy atom. The van der Waals surface area contributed by atoms with Gasteiger partial charge in [-0.1, -0.05) is 0 Å². The van der Waals surface area contributed by atoms with Crippen molar-refractivity contribution in [1.29, 1.82) is 0 Å². The molecule has 1 aromatic carbocycles. The van der Waals surface area contributed by atoms with E-state index in [0.717, 1.165) is 29.1 Å². The van der Waals surface area contributed by atoms with Crippen LogP contribution in [-0.4, -0.2) is 33.5 Å². The van der Waals surface area contributed by atoms with Crippen LogP contribution in [0.2, 0.25) is 0 Å². The summed E-state index contributed by atoms with van der Waals surface area (Å²) >= 11 is 0. The van der Waals surface area contributed by atoms with Crippen LogP contribution in [0.4, 0.5) is 5.69 Å². The number of hydrogen-bond acceptors (Lipinski definition) is 5. The van der Waals surface area contributed by atoms with E-state index in [0.29, 0.717) is 17.8 Å². The molecular formula is C20H17N5O3. The molecule has 0 bridgehead atoms. The molecule has 0 atom stereocenters. The Morgan fingerprint density at radius 1 is 1.18 bits per heavy atom. The van der Waals surface area contributed by atoms with Gasteiger partial charge in [-0.3, -0.25) is 9.78 Å². The number of pyridine rings is 1. The average molecular weight is 375 g/mol. The van der Waals surface area contributed by atoms with Crippen LogP contribution in [0.3, 0.4) is 0 Å². The number of rotatable bonds is 5. The van der Waals surface area contributed by atoms with Gasteiger partial charge < -0.3 is 15.4 Å². The Kier molecular flexibility index (Phi) is 4.67. The summed E-state index contributed by atoms with van der Waals surface area (Å²) in [5, 5.41) is 20.0. The molecule has 3 aromatic rings. The number of nitrogens with one attached hydrogen (secondary N) is 2. The number of aromatic amines is 1. The summed E-state index contributed by atoms with van der Waals surface area (Å²) in [4.78, 5) is 30.4. The predicted octanol–water partition coefficient (Wildman–Crippen LogP) is 3.34. The lowest BCUT2D eigenvalue weighted by molar-refractivity contribution is 0.0696. The van der Waals surface area contributed by atoms with Crippen molar-refractivity contribution in [3.8, 4) is 11.3 Å². The fourth-order valence-electron chi connectivity index (χ4n) is 3.04. The Balaban J connectivity index is 1.48. The molecule has 1 aliphatic heterocycles. The molecule has 8 heteroatoms. The van der Waals surface area contributed by atoms with Crippen molar-refractivity contribution in [2.75, 3.05) is 6.54 Å². The van der Waals surface area contributed by atoms with Crippen LogP contribution in [-0.2, 0) is 13.0 Å². The van der Waals surface area contributed by atoms with Crippen molar-refractivity contribution < 1.29 is 14.7 Å². The summed E-state index contributed by atoms with van der Waals surface area (Å²) < 4.78 is 0. The van der Waals surface area contributed by atoms with E-state index in [1.54, 1.807) is 18.3 Å². The van der Waals surface area contributed by atoms with Gasteiger partial charge in [0.25, 0.3) is 5.91 Å². The van der Waals surface area contributed by atoms with Crippen molar-refractivity contribution in [2.45, 2.75) is 13.0 Å². The van der Waals surface area contributed by atoms with Gasteiger partial charge in [-0.2, -0.15) is 10.2 Å². The first kappa shape index (κ1) is 17.6. The molecule has 0 saturated heterocycles. The molecule has 2 aromatic heterocycles. The van der Waals surface area contributed by atoms with Crippen LogP contribution < -0.4 is 5.32 Å². The number of carbonyl (C=O) groups is 2. The highest BCUT2D eigenvalue weighted by Crippen LogP contribution is 2.24. The topological polar surface area (TPSA) is 120 Å². The van der Waals surface area contributed by atoms with Crippen LogP contribution in [0.15, 0.2) is 58.9 Å². The normalized spacial score (nSPS) is 13.4. The van der Waals surface area contributed by atoms with Crippen LogP contribution >= 0.6 is 0 Å². The van der Waals surface area contributed by atoms with Gasteiger partial charge >= 0.3 is 5.97 Å². The number of carboxylic acid groups (broad SMARTS) is 1. The number of aromatic carboxylic acids is 1. The van der Waals surface area contributed by atoms with Gasteiger partial charge in [-0.25, -0.2) is 4.79 Å². The molecule has 28 heavy (non-hydrogen) atoms. The Bertz CT molecular complexity index is 1070. The zero-order chi connectivity index (χ0) is 19.5. The van der Waals surface area contributed by atoms with Gasteiger partial charge in [0.05, 0.1) is 22.5 Å². The molecule has 0 spiro atoms. The summed E-state index contributed by atoms with van der Waals surface area (Å²) in [6.07, 6.45) is 2.48. The van der Waals surface area contributed by atoms with E-state index in [1.165, 1.54) is 12.1 Å². The van der Waals surface area contributed by atoms with Crippen molar-refractivity contribution in [1.82, 2.24) is 15.3 Å². The summed E-state index contributed by atoms with van der Waals surface area (Å²) in [5.74, 6) is -1.03. The second kappa shape index (κ2) is 7.43. The highest BCUT2D eigenvalue weighted by Gasteiger charge is 2.19. The lowest BCUT2D eigenvalue weighted by atomic mass is 10.1. The third-order valence-electron chi connectivity index (χ3n) is 4.47. The molecule has 0 saturated carbocycles. The molecule has 8 nitrogen and oxygen atoms in total. The first-order valence-electron chi connectivity index (χ1n) is 8.76.